The van der Waals surface area contributed by atoms with Crippen LogP contribution in [0.3, 0.4) is 0 Å². The Bertz CT molecular complexity index is 578. The maximum atomic E-state index is 12.1. The van der Waals surface area contributed by atoms with Crippen molar-refractivity contribution in [3.63, 3.8) is 0 Å². The minimum absolute atomic E-state index is 0.133. The van der Waals surface area contributed by atoms with Gasteiger partial charge in [0.2, 0.25) is 0 Å². The van der Waals surface area contributed by atoms with Gasteiger partial charge in [0.05, 0.1) is 11.3 Å². The van der Waals surface area contributed by atoms with Crippen LogP contribution in [0.15, 0.2) is 42.0 Å². The summed E-state index contributed by atoms with van der Waals surface area (Å²) < 4.78 is 0. The SMILES string of the molecule is CC(C)=CC(=O)/C=C1\C(=O)N(C)c2ccccc21. The number of anilines is 1. The van der Waals surface area contributed by atoms with Crippen LogP contribution in [0.2, 0.25) is 0 Å². The average Bonchev–Trinajstić information content (AvgIpc) is 2.54. The van der Waals surface area contributed by atoms with E-state index in [0.29, 0.717) is 5.57 Å². The summed E-state index contributed by atoms with van der Waals surface area (Å²) in [5.41, 5.74) is 3.05. The molecule has 0 bridgehead atoms. The maximum absolute atomic E-state index is 12.1. The molecule has 1 aliphatic rings. The molecular weight excluding hydrogens is 226 g/mol. The van der Waals surface area contributed by atoms with Crippen molar-refractivity contribution in [1.82, 2.24) is 0 Å². The number of hydrogen-bond acceptors (Lipinski definition) is 2. The Labute approximate surface area is 106 Å². The van der Waals surface area contributed by atoms with Gasteiger partial charge in [0, 0.05) is 12.6 Å². The lowest BCUT2D eigenvalue weighted by molar-refractivity contribution is -0.113. The molecule has 1 aromatic carbocycles. The predicted molar refractivity (Wildman–Crippen MR) is 72.3 cm³/mol. The highest BCUT2D eigenvalue weighted by Crippen LogP contribution is 2.35. The zero-order valence-electron chi connectivity index (χ0n) is 10.7. The van der Waals surface area contributed by atoms with Gasteiger partial charge in [-0.2, -0.15) is 0 Å². The summed E-state index contributed by atoms with van der Waals surface area (Å²) in [5.74, 6) is -0.282. The molecule has 0 spiro atoms. The summed E-state index contributed by atoms with van der Waals surface area (Å²) in [5, 5.41) is 0. The van der Waals surface area contributed by atoms with Crippen molar-refractivity contribution >= 4 is 23.0 Å². The number of carbonyl (C=O) groups is 2. The molecule has 92 valence electrons. The van der Waals surface area contributed by atoms with E-state index in [2.05, 4.69) is 0 Å². The second-order valence-corrected chi connectivity index (χ2v) is 4.56. The summed E-state index contributed by atoms with van der Waals surface area (Å²) in [4.78, 5) is 25.4. The quantitative estimate of drug-likeness (QED) is 0.746. The van der Waals surface area contributed by atoms with Gasteiger partial charge in [-0.25, -0.2) is 0 Å². The number of ketones is 1. The van der Waals surface area contributed by atoms with Gasteiger partial charge in [-0.3, -0.25) is 9.59 Å². The molecule has 2 rings (SSSR count). The van der Waals surface area contributed by atoms with Gasteiger partial charge in [-0.05, 0) is 32.1 Å². The fourth-order valence-electron chi connectivity index (χ4n) is 2.01. The Morgan fingerprint density at radius 2 is 1.89 bits per heavy atom. The van der Waals surface area contributed by atoms with Gasteiger partial charge in [0.25, 0.3) is 5.91 Å². The van der Waals surface area contributed by atoms with Gasteiger partial charge in [0.1, 0.15) is 0 Å². The van der Waals surface area contributed by atoms with Crippen molar-refractivity contribution in [2.45, 2.75) is 13.8 Å². The van der Waals surface area contributed by atoms with Crippen molar-refractivity contribution in [3.8, 4) is 0 Å². The Balaban J connectivity index is 2.47. The number of benzene rings is 1. The third-order valence-corrected chi connectivity index (χ3v) is 2.81. The Kier molecular flexibility index (Phi) is 3.15. The van der Waals surface area contributed by atoms with Crippen molar-refractivity contribution < 1.29 is 9.59 Å². The van der Waals surface area contributed by atoms with Crippen molar-refractivity contribution in [2.24, 2.45) is 0 Å². The van der Waals surface area contributed by atoms with Crippen LogP contribution >= 0.6 is 0 Å². The molecule has 1 aromatic rings. The molecule has 0 saturated carbocycles. The summed E-state index contributed by atoms with van der Waals surface area (Å²) in [7, 11) is 1.72. The number of allylic oxidation sites excluding steroid dienone is 3. The molecule has 1 amide bonds. The van der Waals surface area contributed by atoms with E-state index in [1.54, 1.807) is 11.9 Å². The molecule has 0 aromatic heterocycles. The predicted octanol–water partition coefficient (Wildman–Crippen LogP) is 2.58. The van der Waals surface area contributed by atoms with Crippen LogP contribution in [0.25, 0.3) is 5.57 Å². The van der Waals surface area contributed by atoms with Gasteiger partial charge < -0.3 is 4.90 Å². The minimum atomic E-state index is -0.150. The lowest BCUT2D eigenvalue weighted by atomic mass is 10.1. The molecule has 0 saturated heterocycles. The molecule has 0 fully saturated rings. The van der Waals surface area contributed by atoms with E-state index < -0.39 is 0 Å². The number of rotatable bonds is 2. The van der Waals surface area contributed by atoms with Crippen LogP contribution in [-0.2, 0) is 9.59 Å². The molecule has 0 unspecified atom stereocenters. The summed E-state index contributed by atoms with van der Waals surface area (Å²) >= 11 is 0. The van der Waals surface area contributed by atoms with E-state index in [-0.39, 0.29) is 11.7 Å². The number of para-hydroxylation sites is 1. The summed E-state index contributed by atoms with van der Waals surface area (Å²) in [6.07, 6.45) is 2.94. The van der Waals surface area contributed by atoms with Crippen LogP contribution in [-0.4, -0.2) is 18.7 Å². The molecule has 0 radical (unpaired) electrons. The van der Waals surface area contributed by atoms with E-state index >= 15 is 0 Å². The highest BCUT2D eigenvalue weighted by atomic mass is 16.2. The third kappa shape index (κ3) is 2.12. The topological polar surface area (TPSA) is 37.4 Å². The first kappa shape index (κ1) is 12.3. The second-order valence-electron chi connectivity index (χ2n) is 4.56. The molecule has 0 N–H and O–H groups in total. The van der Waals surface area contributed by atoms with Gasteiger partial charge in [-0.1, -0.05) is 23.8 Å². The molecular formula is C15H15NO2. The van der Waals surface area contributed by atoms with Gasteiger partial charge in [0.15, 0.2) is 5.78 Å². The number of likely N-dealkylation sites (N-methyl/N-ethyl adjacent to an activating group) is 1. The summed E-state index contributed by atoms with van der Waals surface area (Å²) in [6.45, 7) is 3.71. The van der Waals surface area contributed by atoms with Crippen LogP contribution in [0, 0.1) is 0 Å². The van der Waals surface area contributed by atoms with Crippen LogP contribution in [0.5, 0.6) is 0 Å². The smallest absolute Gasteiger partial charge is 0.258 e. The minimum Gasteiger partial charge on any atom is -0.311 e. The van der Waals surface area contributed by atoms with Gasteiger partial charge >= 0.3 is 0 Å². The largest absolute Gasteiger partial charge is 0.311 e. The first-order valence-electron chi connectivity index (χ1n) is 5.78. The molecule has 3 nitrogen and oxygen atoms in total. The molecule has 0 atom stereocenters. The Morgan fingerprint density at radius 3 is 2.56 bits per heavy atom. The lowest BCUT2D eigenvalue weighted by Crippen LogP contribution is -2.20. The van der Waals surface area contributed by atoms with Crippen molar-refractivity contribution in [3.05, 3.63) is 47.6 Å². The second kappa shape index (κ2) is 4.61. The normalized spacial score (nSPS) is 15.8. The maximum Gasteiger partial charge on any atom is 0.258 e. The van der Waals surface area contributed by atoms with E-state index in [0.717, 1.165) is 16.8 Å². The highest BCUT2D eigenvalue weighted by molar-refractivity contribution is 6.35. The van der Waals surface area contributed by atoms with Crippen molar-refractivity contribution in [2.75, 3.05) is 11.9 Å². The number of nitrogens with zero attached hydrogens (tertiary/aromatic N) is 1. The van der Waals surface area contributed by atoms with E-state index in [9.17, 15) is 9.59 Å². The number of carbonyl (C=O) groups excluding carboxylic acids is 2. The Hall–Kier alpha value is -2.16. The first-order chi connectivity index (χ1) is 8.50. The molecule has 3 heteroatoms. The Morgan fingerprint density at radius 1 is 1.22 bits per heavy atom. The van der Waals surface area contributed by atoms with Crippen LogP contribution in [0.4, 0.5) is 5.69 Å². The third-order valence-electron chi connectivity index (χ3n) is 2.81. The summed E-state index contributed by atoms with van der Waals surface area (Å²) in [6, 6.07) is 7.48. The molecule has 0 aliphatic carbocycles. The van der Waals surface area contributed by atoms with E-state index in [1.165, 1.54) is 12.2 Å². The van der Waals surface area contributed by atoms with Crippen molar-refractivity contribution in [1.29, 1.82) is 0 Å². The van der Waals surface area contributed by atoms with Crippen LogP contribution < -0.4 is 4.90 Å². The first-order valence-corrected chi connectivity index (χ1v) is 5.78. The van der Waals surface area contributed by atoms with Crippen LogP contribution in [0.1, 0.15) is 19.4 Å². The molecule has 1 heterocycles. The standard InChI is InChI=1S/C15H15NO2/c1-10(2)8-11(17)9-13-12-6-4-5-7-14(12)16(3)15(13)18/h4-9H,1-3H3/b13-9-. The zero-order chi connectivity index (χ0) is 13.3. The monoisotopic (exact) mass is 241 g/mol. The molecule has 18 heavy (non-hydrogen) atoms. The number of amides is 1. The highest BCUT2D eigenvalue weighted by Gasteiger charge is 2.29. The lowest BCUT2D eigenvalue weighted by Gasteiger charge is -2.07. The van der Waals surface area contributed by atoms with E-state index in [4.69, 9.17) is 0 Å². The number of fused-ring (bicyclic) bond motifs is 1. The van der Waals surface area contributed by atoms with E-state index in [1.807, 2.05) is 38.1 Å². The molecule has 1 aliphatic heterocycles. The fourth-order valence-corrected chi connectivity index (χ4v) is 2.01. The number of hydrogen-bond donors (Lipinski definition) is 0. The van der Waals surface area contributed by atoms with Gasteiger partial charge in [-0.15, -0.1) is 0 Å². The average molecular weight is 241 g/mol. The zero-order valence-corrected chi connectivity index (χ0v) is 10.7. The fraction of sp³-hybridized carbons (Fsp3) is 0.200.